The standard InChI is InChI=1S/C18H14N9O/c1-25-9-12(8-21-25)11-2-3-15-16(6-11)27(24-22-15)10-13-7-14(17(19)28)18-20-4-5-26(18)23-13/h2-3,5-9H,10H2,1H3,(H2,19,28). The summed E-state index contributed by atoms with van der Waals surface area (Å²) >= 11 is 0. The van der Waals surface area contributed by atoms with E-state index in [1.54, 1.807) is 27.8 Å². The number of carbonyl (C=O) groups excluding carboxylic acids is 1. The van der Waals surface area contributed by atoms with Gasteiger partial charge in [-0.2, -0.15) is 10.2 Å². The van der Waals surface area contributed by atoms with Gasteiger partial charge in [0.15, 0.2) is 5.65 Å². The molecule has 0 atom stereocenters. The lowest BCUT2D eigenvalue weighted by molar-refractivity contribution is 0.100. The number of nitrogens with two attached hydrogens (primary N) is 1. The average molecular weight is 372 g/mol. The van der Waals surface area contributed by atoms with E-state index in [0.717, 1.165) is 22.2 Å². The minimum Gasteiger partial charge on any atom is -0.365 e. The molecule has 5 rings (SSSR count). The Labute approximate surface area is 158 Å². The van der Waals surface area contributed by atoms with E-state index in [0.29, 0.717) is 17.9 Å². The van der Waals surface area contributed by atoms with Crippen molar-refractivity contribution in [2.45, 2.75) is 6.54 Å². The molecule has 4 aromatic heterocycles. The fourth-order valence-electron chi connectivity index (χ4n) is 3.16. The molecule has 4 heterocycles. The van der Waals surface area contributed by atoms with E-state index in [1.165, 1.54) is 4.52 Å². The third-order valence-corrected chi connectivity index (χ3v) is 4.48. The van der Waals surface area contributed by atoms with Gasteiger partial charge in [0.05, 0.1) is 35.7 Å². The number of benzene rings is 1. The number of carbonyl (C=O) groups is 1. The highest BCUT2D eigenvalue weighted by atomic mass is 16.1. The molecule has 28 heavy (non-hydrogen) atoms. The van der Waals surface area contributed by atoms with Crippen LogP contribution in [0.3, 0.4) is 0 Å². The Morgan fingerprint density at radius 2 is 2.14 bits per heavy atom. The van der Waals surface area contributed by atoms with Crippen molar-refractivity contribution in [1.82, 2.24) is 39.4 Å². The molecule has 137 valence electrons. The van der Waals surface area contributed by atoms with Crippen molar-refractivity contribution >= 4 is 22.6 Å². The van der Waals surface area contributed by atoms with E-state index in [9.17, 15) is 4.79 Å². The first kappa shape index (κ1) is 16.1. The lowest BCUT2D eigenvalue weighted by Gasteiger charge is -2.06. The van der Waals surface area contributed by atoms with Crippen molar-refractivity contribution in [1.29, 1.82) is 0 Å². The van der Waals surface area contributed by atoms with E-state index < -0.39 is 5.91 Å². The third kappa shape index (κ3) is 2.58. The number of fused-ring (bicyclic) bond motifs is 2. The summed E-state index contributed by atoms with van der Waals surface area (Å²) in [6, 6.07) is 7.52. The van der Waals surface area contributed by atoms with Crippen molar-refractivity contribution in [2.24, 2.45) is 12.8 Å². The average Bonchev–Trinajstić information content (AvgIpc) is 3.40. The molecule has 0 saturated heterocycles. The van der Waals surface area contributed by atoms with Gasteiger partial charge in [-0.15, -0.1) is 5.10 Å². The molecule has 0 unspecified atom stereocenters. The Morgan fingerprint density at radius 1 is 1.25 bits per heavy atom. The number of imidazole rings is 1. The van der Waals surface area contributed by atoms with Gasteiger partial charge in [-0.3, -0.25) is 9.48 Å². The molecule has 0 aliphatic carbocycles. The SMILES string of the molecule is Cn1cc(-c2ccc3nnn(Cc4cc(C(N)=O)c5n[c]cn5n4)c3c2)cn1. The van der Waals surface area contributed by atoms with Crippen LogP contribution in [0.15, 0.2) is 42.9 Å². The normalized spacial score (nSPS) is 11.5. The number of rotatable bonds is 4. The predicted octanol–water partition coefficient (Wildman–Crippen LogP) is 0.822. The topological polar surface area (TPSA) is 122 Å². The molecular weight excluding hydrogens is 358 g/mol. The van der Waals surface area contributed by atoms with Crippen molar-refractivity contribution in [2.75, 3.05) is 0 Å². The molecule has 5 aromatic rings. The van der Waals surface area contributed by atoms with Gasteiger partial charge in [-0.05, 0) is 23.8 Å². The largest absolute Gasteiger partial charge is 0.365 e. The van der Waals surface area contributed by atoms with Crippen LogP contribution in [0.5, 0.6) is 0 Å². The Bertz CT molecular complexity index is 1340. The maximum Gasteiger partial charge on any atom is 0.252 e. The Morgan fingerprint density at radius 3 is 2.93 bits per heavy atom. The number of amides is 1. The molecule has 0 bridgehead atoms. The van der Waals surface area contributed by atoms with Crippen LogP contribution in [-0.4, -0.2) is 45.3 Å². The van der Waals surface area contributed by atoms with Crippen LogP contribution in [-0.2, 0) is 13.6 Å². The molecule has 10 nitrogen and oxygen atoms in total. The van der Waals surface area contributed by atoms with Crippen molar-refractivity contribution in [3.8, 4) is 11.1 Å². The van der Waals surface area contributed by atoms with Crippen molar-refractivity contribution in [3.63, 3.8) is 0 Å². The zero-order valence-electron chi connectivity index (χ0n) is 14.8. The van der Waals surface area contributed by atoms with Crippen molar-refractivity contribution in [3.05, 3.63) is 60.3 Å². The second-order valence-corrected chi connectivity index (χ2v) is 6.41. The highest BCUT2D eigenvalue weighted by Crippen LogP contribution is 2.23. The number of hydrogen-bond acceptors (Lipinski definition) is 6. The molecule has 2 N–H and O–H groups in total. The fraction of sp³-hybridized carbons (Fsp3) is 0.111. The number of primary amides is 1. The molecule has 1 radical (unpaired) electrons. The highest BCUT2D eigenvalue weighted by molar-refractivity contribution is 5.98. The first-order valence-corrected chi connectivity index (χ1v) is 8.46. The van der Waals surface area contributed by atoms with Gasteiger partial charge in [0, 0.05) is 18.8 Å². The van der Waals surface area contributed by atoms with E-state index in [2.05, 4.69) is 31.7 Å². The van der Waals surface area contributed by atoms with Gasteiger partial charge in [0.2, 0.25) is 0 Å². The predicted molar refractivity (Wildman–Crippen MR) is 99.2 cm³/mol. The number of aryl methyl sites for hydroxylation is 1. The molecule has 10 heteroatoms. The smallest absolute Gasteiger partial charge is 0.252 e. The second kappa shape index (κ2) is 5.98. The van der Waals surface area contributed by atoms with Gasteiger partial charge < -0.3 is 5.73 Å². The van der Waals surface area contributed by atoms with Gasteiger partial charge in [-0.1, -0.05) is 11.3 Å². The summed E-state index contributed by atoms with van der Waals surface area (Å²) in [4.78, 5) is 15.8. The quantitative estimate of drug-likeness (QED) is 0.498. The molecule has 0 fully saturated rings. The summed E-state index contributed by atoms with van der Waals surface area (Å²) in [6.45, 7) is 0.321. The maximum absolute atomic E-state index is 11.8. The first-order valence-electron chi connectivity index (χ1n) is 8.46. The van der Waals surface area contributed by atoms with Crippen LogP contribution in [0.4, 0.5) is 0 Å². The van der Waals surface area contributed by atoms with Crippen molar-refractivity contribution < 1.29 is 4.79 Å². The van der Waals surface area contributed by atoms with E-state index in [-0.39, 0.29) is 5.56 Å². The zero-order valence-corrected chi connectivity index (χ0v) is 14.8. The van der Waals surface area contributed by atoms with Crippen LogP contribution >= 0.6 is 0 Å². The van der Waals surface area contributed by atoms with E-state index in [4.69, 9.17) is 5.73 Å². The molecule has 1 aromatic carbocycles. The Hall–Kier alpha value is -4.08. The molecule has 0 aliphatic rings. The summed E-state index contributed by atoms with van der Waals surface area (Å²) in [5, 5.41) is 17.1. The maximum atomic E-state index is 11.8. The molecule has 1 amide bonds. The Balaban J connectivity index is 1.58. The van der Waals surface area contributed by atoms with Gasteiger partial charge in [-0.25, -0.2) is 14.2 Å². The van der Waals surface area contributed by atoms with E-state index >= 15 is 0 Å². The van der Waals surface area contributed by atoms with Crippen LogP contribution in [0, 0.1) is 6.20 Å². The molecule has 0 saturated carbocycles. The van der Waals surface area contributed by atoms with Gasteiger partial charge in [0.25, 0.3) is 5.91 Å². The highest BCUT2D eigenvalue weighted by Gasteiger charge is 2.14. The summed E-state index contributed by atoms with van der Waals surface area (Å²) in [5.74, 6) is -0.574. The fourth-order valence-corrected chi connectivity index (χ4v) is 3.16. The number of aromatic nitrogens is 8. The molecular formula is C18H14N9O. The van der Waals surface area contributed by atoms with Crippen LogP contribution < -0.4 is 5.73 Å². The van der Waals surface area contributed by atoms with Crippen LogP contribution in [0.2, 0.25) is 0 Å². The first-order chi connectivity index (χ1) is 13.6. The monoisotopic (exact) mass is 372 g/mol. The summed E-state index contributed by atoms with van der Waals surface area (Å²) in [6.07, 6.45) is 7.97. The summed E-state index contributed by atoms with van der Waals surface area (Å²) in [7, 11) is 1.87. The lowest BCUT2D eigenvalue weighted by Crippen LogP contribution is -2.16. The lowest BCUT2D eigenvalue weighted by atomic mass is 10.1. The van der Waals surface area contributed by atoms with Crippen LogP contribution in [0.1, 0.15) is 16.1 Å². The minimum atomic E-state index is -0.574. The number of hydrogen-bond donors (Lipinski definition) is 1. The van der Waals surface area contributed by atoms with Gasteiger partial charge >= 0.3 is 0 Å². The Kier molecular flexibility index (Phi) is 3.44. The minimum absolute atomic E-state index is 0.284. The summed E-state index contributed by atoms with van der Waals surface area (Å²) in [5.41, 5.74) is 10.4. The zero-order chi connectivity index (χ0) is 19.3. The molecule has 0 aliphatic heterocycles. The van der Waals surface area contributed by atoms with Gasteiger partial charge in [0.1, 0.15) is 11.7 Å². The van der Waals surface area contributed by atoms with Crippen LogP contribution in [0.25, 0.3) is 27.8 Å². The van der Waals surface area contributed by atoms with E-state index in [1.807, 2.05) is 31.4 Å². The third-order valence-electron chi connectivity index (χ3n) is 4.48. The second-order valence-electron chi connectivity index (χ2n) is 6.41. The summed E-state index contributed by atoms with van der Waals surface area (Å²) < 4.78 is 4.96. The number of nitrogens with zero attached hydrogens (tertiary/aromatic N) is 8. The molecule has 0 spiro atoms.